The molecule has 0 unspecified atom stereocenters. The highest BCUT2D eigenvalue weighted by Crippen LogP contribution is 2.70. The normalized spacial score (nSPS) is 44.4. The SMILES string of the molecule is CCC(=O)O[C@]1(C(=O)C=O)[C@H](C)C[C@H]2[C@@H]3CCC4=CC(=O)C(F)=C(F)[C@]4(C)[C@H]3[C@@H](O)C[C@@]21C. The number of halogens is 2. The highest BCUT2D eigenvalue weighted by Gasteiger charge is 2.73. The van der Waals surface area contributed by atoms with Gasteiger partial charge in [-0.15, -0.1) is 0 Å². The molecule has 6 nitrogen and oxygen atoms in total. The average Bonchev–Trinajstić information content (AvgIpc) is 2.99. The van der Waals surface area contributed by atoms with E-state index in [-0.39, 0.29) is 31.0 Å². The summed E-state index contributed by atoms with van der Waals surface area (Å²) >= 11 is 0. The molecule has 0 bridgehead atoms. The summed E-state index contributed by atoms with van der Waals surface area (Å²) in [5.74, 6) is -6.84. The van der Waals surface area contributed by atoms with E-state index in [0.29, 0.717) is 24.8 Å². The second kappa shape index (κ2) is 7.65. The number of aliphatic hydroxyl groups excluding tert-OH is 1. The smallest absolute Gasteiger partial charge is 0.306 e. The van der Waals surface area contributed by atoms with Crippen molar-refractivity contribution in [3.63, 3.8) is 0 Å². The van der Waals surface area contributed by atoms with E-state index >= 15 is 4.39 Å². The Morgan fingerprint density at radius 2 is 1.97 bits per heavy atom. The Balaban J connectivity index is 1.84. The summed E-state index contributed by atoms with van der Waals surface area (Å²) in [4.78, 5) is 49.1. The average molecular weight is 465 g/mol. The first kappa shape index (κ1) is 23.9. The molecule has 33 heavy (non-hydrogen) atoms. The first-order chi connectivity index (χ1) is 15.4. The van der Waals surface area contributed by atoms with Crippen molar-refractivity contribution in [3.05, 3.63) is 23.3 Å². The van der Waals surface area contributed by atoms with Crippen LogP contribution in [0, 0.1) is 34.5 Å². The number of Topliss-reactive ketones (excluding diaryl/α,β-unsaturated/α-hetero) is 1. The number of ether oxygens (including phenoxy) is 1. The molecule has 4 rings (SSSR count). The van der Waals surface area contributed by atoms with Gasteiger partial charge in [-0.1, -0.05) is 26.3 Å². The molecule has 8 atom stereocenters. The molecule has 0 aromatic heterocycles. The van der Waals surface area contributed by atoms with Gasteiger partial charge in [-0.05, 0) is 50.5 Å². The topological polar surface area (TPSA) is 97.7 Å². The molecule has 4 aliphatic carbocycles. The van der Waals surface area contributed by atoms with E-state index in [4.69, 9.17) is 4.74 Å². The van der Waals surface area contributed by atoms with Gasteiger partial charge in [-0.2, -0.15) is 4.39 Å². The summed E-state index contributed by atoms with van der Waals surface area (Å²) in [7, 11) is 0. The summed E-state index contributed by atoms with van der Waals surface area (Å²) < 4.78 is 35.5. The van der Waals surface area contributed by atoms with E-state index in [9.17, 15) is 28.7 Å². The van der Waals surface area contributed by atoms with Gasteiger partial charge in [0.15, 0.2) is 11.9 Å². The van der Waals surface area contributed by atoms with E-state index < -0.39 is 63.6 Å². The maximum atomic E-state index is 15.3. The highest BCUT2D eigenvalue weighted by atomic mass is 19.2. The fourth-order valence-corrected chi connectivity index (χ4v) is 7.88. The summed E-state index contributed by atoms with van der Waals surface area (Å²) in [6.07, 6.45) is 1.45. The van der Waals surface area contributed by atoms with Crippen LogP contribution in [0.15, 0.2) is 23.3 Å². The van der Waals surface area contributed by atoms with E-state index in [1.54, 1.807) is 20.8 Å². The molecule has 3 fully saturated rings. The van der Waals surface area contributed by atoms with Crippen molar-refractivity contribution in [3.8, 4) is 0 Å². The van der Waals surface area contributed by atoms with Crippen molar-refractivity contribution < 1.29 is 37.8 Å². The van der Waals surface area contributed by atoms with E-state index in [1.807, 2.05) is 0 Å². The van der Waals surface area contributed by atoms with Gasteiger partial charge >= 0.3 is 5.97 Å². The van der Waals surface area contributed by atoms with Crippen molar-refractivity contribution in [2.45, 2.75) is 71.5 Å². The number of fused-ring (bicyclic) bond motifs is 5. The Bertz CT molecular complexity index is 1000. The molecule has 0 radical (unpaired) electrons. The van der Waals surface area contributed by atoms with Gasteiger partial charge in [-0.25, -0.2) is 4.39 Å². The minimum Gasteiger partial charge on any atom is -0.450 e. The lowest BCUT2D eigenvalue weighted by molar-refractivity contribution is -0.203. The lowest BCUT2D eigenvalue weighted by Crippen LogP contribution is -2.64. The van der Waals surface area contributed by atoms with E-state index in [0.717, 1.165) is 6.08 Å². The number of hydrogen-bond acceptors (Lipinski definition) is 6. The standard InChI is InChI=1S/C25H30F2O6/c1-5-19(32)33-25(18(31)11-28)12(2)8-15-14-7-6-13-9-16(29)21(26)22(27)24(13,4)20(14)17(30)10-23(15,25)3/h9,11-12,14-15,17,20,30H,5-8,10H2,1-4H3/t12-,14+,15+,17+,20-,23+,24+,25+/m1/s1. The predicted octanol–water partition coefficient (Wildman–Crippen LogP) is 3.57. The van der Waals surface area contributed by atoms with Gasteiger partial charge in [0.2, 0.25) is 17.4 Å². The molecule has 0 aliphatic heterocycles. The molecular weight excluding hydrogens is 434 g/mol. The number of carbonyl (C=O) groups is 4. The second-order valence-electron chi connectivity index (χ2n) is 10.6. The van der Waals surface area contributed by atoms with Crippen LogP contribution in [0.5, 0.6) is 0 Å². The van der Waals surface area contributed by atoms with Gasteiger partial charge < -0.3 is 9.84 Å². The number of rotatable bonds is 4. The number of aliphatic hydroxyl groups is 1. The summed E-state index contributed by atoms with van der Waals surface area (Å²) in [6.45, 7) is 6.64. The Morgan fingerprint density at radius 3 is 2.58 bits per heavy atom. The monoisotopic (exact) mass is 464 g/mol. The largest absolute Gasteiger partial charge is 0.450 e. The zero-order valence-corrected chi connectivity index (χ0v) is 19.3. The van der Waals surface area contributed by atoms with Gasteiger partial charge in [-0.3, -0.25) is 19.2 Å². The first-order valence-electron chi connectivity index (χ1n) is 11.6. The molecule has 1 N–H and O–H groups in total. The number of allylic oxidation sites excluding steroid dienone is 4. The number of esters is 1. The van der Waals surface area contributed by atoms with Crippen LogP contribution in [0.3, 0.4) is 0 Å². The number of ketones is 2. The van der Waals surface area contributed by atoms with Crippen molar-refractivity contribution in [1.82, 2.24) is 0 Å². The van der Waals surface area contributed by atoms with Crippen LogP contribution in [-0.2, 0) is 23.9 Å². The third kappa shape index (κ3) is 2.85. The quantitative estimate of drug-likeness (QED) is 0.388. The predicted molar refractivity (Wildman–Crippen MR) is 113 cm³/mol. The molecule has 0 spiro atoms. The van der Waals surface area contributed by atoms with Crippen LogP contribution in [0.2, 0.25) is 0 Å². The van der Waals surface area contributed by atoms with E-state index in [2.05, 4.69) is 0 Å². The maximum Gasteiger partial charge on any atom is 0.306 e. The number of hydrogen-bond donors (Lipinski definition) is 1. The van der Waals surface area contributed by atoms with Gasteiger partial charge in [0, 0.05) is 29.1 Å². The molecule has 0 aromatic rings. The zero-order chi connectivity index (χ0) is 24.5. The van der Waals surface area contributed by atoms with Crippen LogP contribution >= 0.6 is 0 Å². The van der Waals surface area contributed by atoms with Crippen LogP contribution in [0.25, 0.3) is 0 Å². The van der Waals surface area contributed by atoms with Crippen LogP contribution in [0.4, 0.5) is 8.78 Å². The second-order valence-corrected chi connectivity index (χ2v) is 10.6. The Morgan fingerprint density at radius 1 is 1.30 bits per heavy atom. The molecular formula is C25H30F2O6. The minimum atomic E-state index is -1.72. The van der Waals surface area contributed by atoms with Crippen molar-refractivity contribution in [1.29, 1.82) is 0 Å². The molecule has 0 heterocycles. The lowest BCUT2D eigenvalue weighted by Gasteiger charge is -2.59. The molecule has 8 heteroatoms. The summed E-state index contributed by atoms with van der Waals surface area (Å²) in [5.41, 5.74) is -3.78. The molecule has 3 saturated carbocycles. The van der Waals surface area contributed by atoms with Crippen molar-refractivity contribution >= 4 is 23.8 Å². The Labute approximate surface area is 191 Å². The number of carbonyl (C=O) groups excluding carboxylic acids is 4. The minimum absolute atomic E-state index is 0.0193. The van der Waals surface area contributed by atoms with Crippen LogP contribution < -0.4 is 0 Å². The van der Waals surface area contributed by atoms with Crippen LogP contribution in [-0.4, -0.2) is 40.6 Å². The summed E-state index contributed by atoms with van der Waals surface area (Å²) in [6, 6.07) is 0. The van der Waals surface area contributed by atoms with Crippen molar-refractivity contribution in [2.24, 2.45) is 34.5 Å². The summed E-state index contributed by atoms with van der Waals surface area (Å²) in [5, 5.41) is 11.4. The van der Waals surface area contributed by atoms with E-state index in [1.165, 1.54) is 6.92 Å². The fourth-order valence-electron chi connectivity index (χ4n) is 7.88. The molecule has 180 valence electrons. The lowest BCUT2D eigenvalue weighted by atomic mass is 9.46. The third-order valence-electron chi connectivity index (χ3n) is 9.28. The zero-order valence-electron chi connectivity index (χ0n) is 19.3. The molecule has 0 aromatic carbocycles. The molecule has 0 saturated heterocycles. The number of aldehydes is 1. The first-order valence-corrected chi connectivity index (χ1v) is 11.6. The van der Waals surface area contributed by atoms with Crippen molar-refractivity contribution in [2.75, 3.05) is 0 Å². The highest BCUT2D eigenvalue weighted by molar-refractivity contribution is 6.29. The maximum absolute atomic E-state index is 15.3. The Kier molecular flexibility index (Phi) is 5.55. The van der Waals surface area contributed by atoms with Gasteiger partial charge in [0.05, 0.1) is 6.10 Å². The Hall–Kier alpha value is -2.22. The fraction of sp³-hybridized carbons (Fsp3) is 0.680. The molecule has 0 amide bonds. The molecule has 4 aliphatic rings. The third-order valence-corrected chi connectivity index (χ3v) is 9.28. The van der Waals surface area contributed by atoms with Gasteiger partial charge in [0.25, 0.3) is 0 Å². The van der Waals surface area contributed by atoms with Crippen LogP contribution in [0.1, 0.15) is 59.8 Å². The van der Waals surface area contributed by atoms with Gasteiger partial charge in [0.1, 0.15) is 5.83 Å².